The van der Waals surface area contributed by atoms with E-state index in [1.807, 2.05) is 18.2 Å². The van der Waals surface area contributed by atoms with Crippen LogP contribution in [0.15, 0.2) is 60.7 Å². The van der Waals surface area contributed by atoms with Crippen molar-refractivity contribution in [2.75, 3.05) is 0 Å². The Labute approximate surface area is 111 Å². The van der Waals surface area contributed by atoms with Crippen molar-refractivity contribution in [1.29, 1.82) is 0 Å². The molecule has 96 valence electrons. The lowest BCUT2D eigenvalue weighted by molar-refractivity contribution is -0.386. The van der Waals surface area contributed by atoms with Gasteiger partial charge in [0.15, 0.2) is 0 Å². The zero-order chi connectivity index (χ0) is 13.2. The molecule has 0 aliphatic heterocycles. The average molecular weight is 242 g/mol. The maximum atomic E-state index is 3.76. The summed E-state index contributed by atoms with van der Waals surface area (Å²) in [6.45, 7) is 5.38. The van der Waals surface area contributed by atoms with E-state index >= 15 is 0 Å². The molecule has 2 aromatic rings. The van der Waals surface area contributed by atoms with E-state index in [2.05, 4.69) is 62.0 Å². The van der Waals surface area contributed by atoms with Crippen molar-refractivity contribution in [3.05, 3.63) is 71.8 Å². The molecule has 0 atom stereocenters. The molecule has 0 aliphatic rings. The molecule has 2 aromatic carbocycles. The van der Waals surface area contributed by atoms with Gasteiger partial charge in [-0.3, -0.25) is 0 Å². The predicted molar refractivity (Wildman–Crippen MR) is 78.0 cm³/mol. The van der Waals surface area contributed by atoms with Crippen molar-refractivity contribution in [1.82, 2.24) is 0 Å². The summed E-state index contributed by atoms with van der Waals surface area (Å²) < 4.78 is 0. The molecule has 0 bridgehead atoms. The second-order valence-corrected chi connectivity index (χ2v) is 4.82. The van der Waals surface area contributed by atoms with Crippen molar-refractivity contribution >= 4 is 0 Å². The van der Waals surface area contributed by atoms with Gasteiger partial charge in [0.1, 0.15) is 0 Å². The second-order valence-electron chi connectivity index (χ2n) is 4.82. The minimum Gasteiger partial charge on any atom is -0.354 e. The molecule has 0 saturated heterocycles. The summed E-state index contributed by atoms with van der Waals surface area (Å²) in [5, 5.41) is 0. The third kappa shape index (κ3) is 6.21. The van der Waals surface area contributed by atoms with E-state index in [1.54, 1.807) is 0 Å². The van der Waals surface area contributed by atoms with Crippen LogP contribution in [-0.2, 0) is 13.0 Å². The Balaban J connectivity index is 0.000000184. The van der Waals surface area contributed by atoms with Crippen LogP contribution in [0.1, 0.15) is 25.0 Å². The number of hydrogen-bond acceptors (Lipinski definition) is 0. The minimum absolute atomic E-state index is 0.766. The van der Waals surface area contributed by atoms with Crippen LogP contribution in [0.5, 0.6) is 0 Å². The SMILES string of the molecule is CC(C)Cc1ccccc1.[NH3+]Cc1ccccc1. The third-order valence-electron chi connectivity index (χ3n) is 2.62. The Morgan fingerprint density at radius 2 is 1.22 bits per heavy atom. The van der Waals surface area contributed by atoms with Crippen LogP contribution in [0.3, 0.4) is 0 Å². The summed E-state index contributed by atoms with van der Waals surface area (Å²) >= 11 is 0. The molecule has 0 aliphatic carbocycles. The van der Waals surface area contributed by atoms with Crippen molar-refractivity contribution < 1.29 is 5.73 Å². The fourth-order valence-corrected chi connectivity index (χ4v) is 1.73. The molecule has 1 nitrogen and oxygen atoms in total. The fraction of sp³-hybridized carbons (Fsp3) is 0.294. The number of hydrogen-bond donors (Lipinski definition) is 1. The third-order valence-corrected chi connectivity index (χ3v) is 2.62. The Morgan fingerprint density at radius 1 is 0.778 bits per heavy atom. The van der Waals surface area contributed by atoms with Crippen molar-refractivity contribution in [3.8, 4) is 0 Å². The zero-order valence-electron chi connectivity index (χ0n) is 11.5. The van der Waals surface area contributed by atoms with Gasteiger partial charge in [-0.25, -0.2) is 0 Å². The topological polar surface area (TPSA) is 27.6 Å². The van der Waals surface area contributed by atoms with Crippen molar-refractivity contribution in [2.24, 2.45) is 5.92 Å². The zero-order valence-corrected chi connectivity index (χ0v) is 11.5. The summed E-state index contributed by atoms with van der Waals surface area (Å²) in [4.78, 5) is 0. The van der Waals surface area contributed by atoms with Gasteiger partial charge < -0.3 is 5.73 Å². The van der Waals surface area contributed by atoms with Crippen LogP contribution < -0.4 is 5.73 Å². The summed E-state index contributed by atoms with van der Waals surface area (Å²) in [5.74, 6) is 0.766. The number of benzene rings is 2. The summed E-state index contributed by atoms with van der Waals surface area (Å²) in [7, 11) is 0. The van der Waals surface area contributed by atoms with Gasteiger partial charge in [0.25, 0.3) is 0 Å². The Hall–Kier alpha value is -1.60. The Morgan fingerprint density at radius 3 is 1.56 bits per heavy atom. The first-order valence-electron chi connectivity index (χ1n) is 6.59. The highest BCUT2D eigenvalue weighted by molar-refractivity contribution is 5.14. The standard InChI is InChI=1S/C10H14.C7H9N/c1-9(2)8-10-6-4-3-5-7-10;8-6-7-4-2-1-3-5-7/h3-7,9H,8H2,1-2H3;1-5H,6,8H2/p+1. The lowest BCUT2D eigenvalue weighted by Gasteiger charge is -2.02. The highest BCUT2D eigenvalue weighted by atomic mass is 14.5. The van der Waals surface area contributed by atoms with Gasteiger partial charge >= 0.3 is 0 Å². The largest absolute Gasteiger partial charge is 0.354 e. The van der Waals surface area contributed by atoms with Gasteiger partial charge in [-0.1, -0.05) is 74.5 Å². The Bertz CT molecular complexity index is 406. The van der Waals surface area contributed by atoms with Gasteiger partial charge in [0.05, 0.1) is 6.54 Å². The number of rotatable bonds is 3. The van der Waals surface area contributed by atoms with Gasteiger partial charge in [0, 0.05) is 5.56 Å². The smallest absolute Gasteiger partial charge is 0.0997 e. The van der Waals surface area contributed by atoms with Crippen molar-refractivity contribution in [2.45, 2.75) is 26.8 Å². The number of quaternary nitrogens is 1. The first kappa shape index (κ1) is 14.5. The van der Waals surface area contributed by atoms with E-state index in [1.165, 1.54) is 17.5 Å². The first-order valence-corrected chi connectivity index (χ1v) is 6.59. The molecular weight excluding hydrogens is 218 g/mol. The molecule has 0 fully saturated rings. The monoisotopic (exact) mass is 242 g/mol. The van der Waals surface area contributed by atoms with E-state index in [0.29, 0.717) is 0 Å². The summed E-state index contributed by atoms with van der Waals surface area (Å²) in [6.07, 6.45) is 1.20. The molecule has 0 heterocycles. The summed E-state index contributed by atoms with van der Waals surface area (Å²) in [6, 6.07) is 20.8. The minimum atomic E-state index is 0.766. The molecule has 2 rings (SSSR count). The predicted octanol–water partition coefficient (Wildman–Crippen LogP) is 3.31. The summed E-state index contributed by atoms with van der Waals surface area (Å²) in [5.41, 5.74) is 6.50. The molecular formula is C17H24N+. The van der Waals surface area contributed by atoms with Crippen LogP contribution in [0, 0.1) is 5.92 Å². The van der Waals surface area contributed by atoms with E-state index in [0.717, 1.165) is 12.5 Å². The van der Waals surface area contributed by atoms with Crippen molar-refractivity contribution in [3.63, 3.8) is 0 Å². The van der Waals surface area contributed by atoms with Crippen LogP contribution in [0.25, 0.3) is 0 Å². The Kier molecular flexibility index (Phi) is 6.82. The quantitative estimate of drug-likeness (QED) is 0.855. The first-order chi connectivity index (χ1) is 8.72. The lowest BCUT2D eigenvalue weighted by atomic mass is 10.0. The molecule has 0 aromatic heterocycles. The highest BCUT2D eigenvalue weighted by Crippen LogP contribution is 2.06. The van der Waals surface area contributed by atoms with Crippen LogP contribution in [-0.4, -0.2) is 0 Å². The second kappa shape index (κ2) is 8.48. The van der Waals surface area contributed by atoms with Crippen LogP contribution in [0.2, 0.25) is 0 Å². The van der Waals surface area contributed by atoms with Crippen LogP contribution in [0.4, 0.5) is 0 Å². The molecule has 0 unspecified atom stereocenters. The molecule has 18 heavy (non-hydrogen) atoms. The van der Waals surface area contributed by atoms with Gasteiger partial charge in [-0.2, -0.15) is 0 Å². The molecule has 1 heteroatoms. The maximum Gasteiger partial charge on any atom is 0.0997 e. The molecule has 0 radical (unpaired) electrons. The van der Waals surface area contributed by atoms with E-state index < -0.39 is 0 Å². The van der Waals surface area contributed by atoms with Gasteiger partial charge in [0.2, 0.25) is 0 Å². The van der Waals surface area contributed by atoms with Crippen LogP contribution >= 0.6 is 0 Å². The van der Waals surface area contributed by atoms with E-state index in [9.17, 15) is 0 Å². The molecule has 3 N–H and O–H groups in total. The fourth-order valence-electron chi connectivity index (χ4n) is 1.73. The van der Waals surface area contributed by atoms with E-state index in [-0.39, 0.29) is 0 Å². The highest BCUT2D eigenvalue weighted by Gasteiger charge is 1.94. The average Bonchev–Trinajstić information content (AvgIpc) is 2.41. The molecule has 0 amide bonds. The molecule has 0 spiro atoms. The lowest BCUT2D eigenvalue weighted by Crippen LogP contribution is -2.47. The van der Waals surface area contributed by atoms with Gasteiger partial charge in [-0.15, -0.1) is 0 Å². The molecule has 0 saturated carbocycles. The van der Waals surface area contributed by atoms with E-state index in [4.69, 9.17) is 0 Å². The maximum absolute atomic E-state index is 3.76. The normalized spacial score (nSPS) is 9.78. The van der Waals surface area contributed by atoms with Gasteiger partial charge in [-0.05, 0) is 17.9 Å².